The molecule has 1 aliphatic heterocycles. The number of nitrogens with one attached hydrogen (secondary N) is 1. The molecule has 2 heterocycles. The Morgan fingerprint density at radius 1 is 1.47 bits per heavy atom. The van der Waals surface area contributed by atoms with Gasteiger partial charge >= 0.3 is 11.8 Å². The number of nitrogens with zero attached hydrogens (tertiary/aromatic N) is 3. The number of rotatable bonds is 1. The van der Waals surface area contributed by atoms with Gasteiger partial charge in [0.25, 0.3) is 0 Å². The average molecular weight is 258 g/mol. The number of benzene rings is 1. The molecule has 1 atom stereocenters. The first-order valence-electron chi connectivity index (χ1n) is 5.67. The normalized spacial score (nSPS) is 18.6. The molecule has 1 fully saturated rings. The van der Waals surface area contributed by atoms with Crippen LogP contribution < -0.4 is 11.1 Å². The fraction of sp³-hybridized carbons (Fsp3) is 0.250. The molecule has 19 heavy (non-hydrogen) atoms. The first kappa shape index (κ1) is 11.3. The smallest absolute Gasteiger partial charge is 0.408 e. The minimum absolute atomic E-state index is 0.262. The molecule has 1 unspecified atom stereocenters. The van der Waals surface area contributed by atoms with Crippen molar-refractivity contribution in [2.24, 2.45) is 7.05 Å². The number of hydrogen-bond donors (Lipinski definition) is 1. The van der Waals surface area contributed by atoms with Crippen molar-refractivity contribution in [3.63, 3.8) is 0 Å². The molecule has 0 bridgehead atoms. The number of oxazole rings is 1. The van der Waals surface area contributed by atoms with Crippen LogP contribution in [0, 0.1) is 11.5 Å². The van der Waals surface area contributed by atoms with Gasteiger partial charge in [0.1, 0.15) is 0 Å². The van der Waals surface area contributed by atoms with E-state index in [-0.39, 0.29) is 12.6 Å². The summed E-state index contributed by atoms with van der Waals surface area (Å²) in [6, 6.07) is 4.58. The minimum Gasteiger partial charge on any atom is -0.408 e. The summed E-state index contributed by atoms with van der Waals surface area (Å²) in [5, 5.41) is 11.5. The van der Waals surface area contributed by atoms with E-state index < -0.39 is 11.8 Å². The largest absolute Gasteiger partial charge is 0.419 e. The fourth-order valence-corrected chi connectivity index (χ4v) is 2.17. The summed E-state index contributed by atoms with van der Waals surface area (Å²) in [5.74, 6) is -0.429. The lowest BCUT2D eigenvalue weighted by atomic mass is 10.1. The van der Waals surface area contributed by atoms with Crippen LogP contribution in [0.2, 0.25) is 0 Å². The second-order valence-corrected chi connectivity index (χ2v) is 4.37. The molecule has 1 saturated heterocycles. The number of aromatic nitrogens is 1. The van der Waals surface area contributed by atoms with Crippen LogP contribution >= 0.6 is 0 Å². The van der Waals surface area contributed by atoms with Crippen molar-refractivity contribution in [1.82, 2.24) is 14.8 Å². The lowest BCUT2D eigenvalue weighted by Gasteiger charge is -2.08. The van der Waals surface area contributed by atoms with Crippen LogP contribution in [-0.4, -0.2) is 22.0 Å². The van der Waals surface area contributed by atoms with Crippen molar-refractivity contribution in [3.05, 3.63) is 34.3 Å². The van der Waals surface area contributed by atoms with E-state index in [1.54, 1.807) is 25.2 Å². The summed E-state index contributed by atoms with van der Waals surface area (Å²) in [5.41, 5.74) is 1.99. The lowest BCUT2D eigenvalue weighted by Crippen LogP contribution is -2.23. The zero-order valence-corrected chi connectivity index (χ0v) is 10.1. The molecule has 2 aromatic rings. The van der Waals surface area contributed by atoms with Gasteiger partial charge in [0.2, 0.25) is 0 Å². The van der Waals surface area contributed by atoms with E-state index in [1.807, 2.05) is 6.19 Å². The van der Waals surface area contributed by atoms with E-state index >= 15 is 0 Å². The number of nitriles is 1. The summed E-state index contributed by atoms with van der Waals surface area (Å²) in [4.78, 5) is 23.9. The molecule has 1 aromatic heterocycles. The van der Waals surface area contributed by atoms with Crippen molar-refractivity contribution >= 4 is 17.1 Å². The number of carbonyl (C=O) groups excluding carboxylic acids is 1. The number of carbonyl (C=O) groups is 1. The van der Waals surface area contributed by atoms with Crippen LogP contribution in [-0.2, 0) is 7.05 Å². The molecule has 0 aliphatic carbocycles. The second kappa shape index (κ2) is 3.88. The van der Waals surface area contributed by atoms with Crippen LogP contribution in [0.3, 0.4) is 0 Å². The summed E-state index contributed by atoms with van der Waals surface area (Å²) in [6.45, 7) is 0.284. The van der Waals surface area contributed by atoms with Gasteiger partial charge in [-0.15, -0.1) is 0 Å². The Hall–Kier alpha value is -2.75. The van der Waals surface area contributed by atoms with E-state index in [0.717, 1.165) is 10.5 Å². The molecule has 1 aromatic carbocycles. The lowest BCUT2D eigenvalue weighted by molar-refractivity contribution is 0.232. The first-order valence-corrected chi connectivity index (χ1v) is 5.67. The predicted molar refractivity (Wildman–Crippen MR) is 65.0 cm³/mol. The number of amides is 2. The molecule has 7 nitrogen and oxygen atoms in total. The van der Waals surface area contributed by atoms with Crippen LogP contribution in [0.25, 0.3) is 11.1 Å². The van der Waals surface area contributed by atoms with Gasteiger partial charge in [-0.1, -0.05) is 6.07 Å². The van der Waals surface area contributed by atoms with Gasteiger partial charge in [-0.25, -0.2) is 14.5 Å². The summed E-state index contributed by atoms with van der Waals surface area (Å²) in [7, 11) is 1.62. The number of urea groups is 1. The van der Waals surface area contributed by atoms with Gasteiger partial charge in [-0.2, -0.15) is 5.26 Å². The van der Waals surface area contributed by atoms with E-state index in [9.17, 15) is 9.59 Å². The highest BCUT2D eigenvalue weighted by Gasteiger charge is 2.30. The monoisotopic (exact) mass is 258 g/mol. The van der Waals surface area contributed by atoms with Crippen molar-refractivity contribution in [3.8, 4) is 6.19 Å². The summed E-state index contributed by atoms with van der Waals surface area (Å²) < 4.78 is 6.44. The van der Waals surface area contributed by atoms with E-state index in [1.165, 1.54) is 4.57 Å². The SMILES string of the molecule is Cn1c(=O)oc2ccc(C3CN(C#N)C(=O)N3)cc21. The van der Waals surface area contributed by atoms with Gasteiger partial charge in [0, 0.05) is 7.05 Å². The molecule has 2 amide bonds. The zero-order chi connectivity index (χ0) is 13.6. The highest BCUT2D eigenvalue weighted by Crippen LogP contribution is 2.23. The third-order valence-corrected chi connectivity index (χ3v) is 3.25. The summed E-state index contributed by atoms with van der Waals surface area (Å²) >= 11 is 0. The van der Waals surface area contributed by atoms with E-state index in [4.69, 9.17) is 9.68 Å². The quantitative estimate of drug-likeness (QED) is 0.761. The average Bonchev–Trinajstić information content (AvgIpc) is 2.91. The highest BCUT2D eigenvalue weighted by atomic mass is 16.4. The standard InChI is InChI=1S/C12H10N4O3/c1-15-9-4-7(2-3-10(9)19-12(15)18)8-5-16(6-13)11(17)14-8/h2-4,8H,5H2,1H3,(H,14,17). The topological polar surface area (TPSA) is 91.3 Å². The third-order valence-electron chi connectivity index (χ3n) is 3.25. The molecular formula is C12H10N4O3. The fourth-order valence-electron chi connectivity index (χ4n) is 2.17. The molecule has 0 spiro atoms. The van der Waals surface area contributed by atoms with Crippen LogP contribution in [0.4, 0.5) is 4.79 Å². The Bertz CT molecular complexity index is 767. The Balaban J connectivity index is 2.03. The van der Waals surface area contributed by atoms with Gasteiger partial charge < -0.3 is 9.73 Å². The number of fused-ring (bicyclic) bond motifs is 1. The van der Waals surface area contributed by atoms with Crippen LogP contribution in [0.5, 0.6) is 0 Å². The van der Waals surface area contributed by atoms with E-state index in [0.29, 0.717) is 11.1 Å². The van der Waals surface area contributed by atoms with Crippen LogP contribution in [0.1, 0.15) is 11.6 Å². The van der Waals surface area contributed by atoms with E-state index in [2.05, 4.69) is 5.32 Å². The molecule has 0 saturated carbocycles. The van der Waals surface area contributed by atoms with Crippen molar-refractivity contribution < 1.29 is 9.21 Å². The van der Waals surface area contributed by atoms with Crippen LogP contribution in [0.15, 0.2) is 27.4 Å². The molecule has 1 N–H and O–H groups in total. The maximum Gasteiger partial charge on any atom is 0.419 e. The second-order valence-electron chi connectivity index (χ2n) is 4.37. The molecule has 96 valence electrons. The molecule has 1 aliphatic rings. The van der Waals surface area contributed by atoms with Gasteiger partial charge in [-0.3, -0.25) is 4.57 Å². The third kappa shape index (κ3) is 1.65. The Morgan fingerprint density at radius 2 is 2.26 bits per heavy atom. The molecule has 7 heteroatoms. The Kier molecular flexibility index (Phi) is 2.32. The predicted octanol–water partition coefficient (Wildman–Crippen LogP) is 0.679. The maximum absolute atomic E-state index is 11.4. The summed E-state index contributed by atoms with van der Waals surface area (Å²) in [6.07, 6.45) is 1.81. The molecular weight excluding hydrogens is 248 g/mol. The van der Waals surface area contributed by atoms with Crippen molar-refractivity contribution in [2.75, 3.05) is 6.54 Å². The highest BCUT2D eigenvalue weighted by molar-refractivity contribution is 5.79. The first-order chi connectivity index (χ1) is 9.10. The Morgan fingerprint density at radius 3 is 2.95 bits per heavy atom. The molecule has 0 radical (unpaired) electrons. The van der Waals surface area contributed by atoms with Gasteiger partial charge in [-0.05, 0) is 17.7 Å². The Labute approximate surface area is 107 Å². The number of aryl methyl sites for hydroxylation is 1. The van der Waals surface area contributed by atoms with Gasteiger partial charge in [0.05, 0.1) is 18.1 Å². The maximum atomic E-state index is 11.4. The van der Waals surface area contributed by atoms with Crippen molar-refractivity contribution in [1.29, 1.82) is 5.26 Å². The molecule has 3 rings (SSSR count). The van der Waals surface area contributed by atoms with Gasteiger partial charge in [0.15, 0.2) is 11.8 Å². The van der Waals surface area contributed by atoms with Crippen molar-refractivity contribution in [2.45, 2.75) is 6.04 Å². The zero-order valence-electron chi connectivity index (χ0n) is 10.1. The minimum atomic E-state index is -0.429. The number of hydrogen-bond acceptors (Lipinski definition) is 4.